The molecule has 0 unspecified atom stereocenters. The van der Waals surface area contributed by atoms with Crippen LogP contribution in [0.3, 0.4) is 0 Å². The maximum atomic E-state index is 11.2. The van der Waals surface area contributed by atoms with Gasteiger partial charge < -0.3 is 10.6 Å². The van der Waals surface area contributed by atoms with Crippen LogP contribution in [0.2, 0.25) is 0 Å². The van der Waals surface area contributed by atoms with Crippen LogP contribution in [0.25, 0.3) is 0 Å². The number of benzene rings is 2. The van der Waals surface area contributed by atoms with Gasteiger partial charge in [0.25, 0.3) is 0 Å². The highest BCUT2D eigenvalue weighted by atomic mass is 16.2. The van der Waals surface area contributed by atoms with E-state index in [1.54, 1.807) is 4.90 Å². The summed E-state index contributed by atoms with van der Waals surface area (Å²) < 4.78 is 0. The average Bonchev–Trinajstić information content (AvgIpc) is 2.64. The van der Waals surface area contributed by atoms with Gasteiger partial charge in [-0.1, -0.05) is 60.7 Å². The summed E-state index contributed by atoms with van der Waals surface area (Å²) in [5.41, 5.74) is 9.21. The third kappa shape index (κ3) is 3.87. The number of nitrogens with two attached hydrogens (primary N) is 1. The molecule has 2 aromatic rings. The van der Waals surface area contributed by atoms with E-state index in [2.05, 4.69) is 10.2 Å². The van der Waals surface area contributed by atoms with Gasteiger partial charge in [-0.3, -0.25) is 0 Å². The number of rotatable bonds is 3. The smallest absolute Gasteiger partial charge is 0.314 e. The van der Waals surface area contributed by atoms with E-state index in [0.717, 1.165) is 22.6 Å². The molecular weight excluding hydrogens is 300 g/mol. The van der Waals surface area contributed by atoms with Gasteiger partial charge in [0, 0.05) is 42.8 Å². The van der Waals surface area contributed by atoms with Crippen molar-refractivity contribution in [2.24, 2.45) is 15.9 Å². The van der Waals surface area contributed by atoms with Crippen LogP contribution in [0.4, 0.5) is 4.79 Å². The van der Waals surface area contributed by atoms with Crippen LogP contribution in [0.1, 0.15) is 24.0 Å². The highest BCUT2D eigenvalue weighted by Crippen LogP contribution is 2.13. The number of urea groups is 1. The molecule has 0 aromatic heterocycles. The van der Waals surface area contributed by atoms with Gasteiger partial charge in [-0.25, -0.2) is 4.79 Å². The first kappa shape index (κ1) is 15.9. The lowest BCUT2D eigenvalue weighted by Gasteiger charge is -2.25. The Hall–Kier alpha value is -2.95. The van der Waals surface area contributed by atoms with Gasteiger partial charge in [-0.15, -0.1) is 5.10 Å². The number of nitrogens with zero attached hydrogens (tertiary/aromatic N) is 3. The lowest BCUT2D eigenvalue weighted by Crippen LogP contribution is -2.41. The molecule has 1 aliphatic rings. The molecule has 3 rings (SSSR count). The molecule has 0 radical (unpaired) electrons. The van der Waals surface area contributed by atoms with Gasteiger partial charge in [0.05, 0.1) is 0 Å². The lowest BCUT2D eigenvalue weighted by molar-refractivity contribution is 0.207. The van der Waals surface area contributed by atoms with Crippen molar-refractivity contribution in [1.29, 1.82) is 0 Å². The Morgan fingerprint density at radius 1 is 0.875 bits per heavy atom. The first-order valence-corrected chi connectivity index (χ1v) is 8.02. The van der Waals surface area contributed by atoms with Gasteiger partial charge in [0.1, 0.15) is 5.71 Å². The molecule has 1 fully saturated rings. The highest BCUT2D eigenvalue weighted by Gasteiger charge is 2.17. The molecule has 0 aliphatic carbocycles. The highest BCUT2D eigenvalue weighted by molar-refractivity contribution is 6.13. The van der Waals surface area contributed by atoms with Crippen LogP contribution in [0.15, 0.2) is 70.9 Å². The largest absolute Gasteiger partial charge is 0.351 e. The number of amides is 2. The topological polar surface area (TPSA) is 71.1 Å². The molecule has 0 saturated carbocycles. The number of carbonyl (C=O) groups is 1. The second-order valence-electron chi connectivity index (χ2n) is 5.67. The Morgan fingerprint density at radius 2 is 1.38 bits per heavy atom. The van der Waals surface area contributed by atoms with Crippen molar-refractivity contribution in [2.75, 3.05) is 13.1 Å². The summed E-state index contributed by atoms with van der Waals surface area (Å²) in [5, 5.41) is 8.98. The van der Waals surface area contributed by atoms with Crippen molar-refractivity contribution >= 4 is 17.5 Å². The van der Waals surface area contributed by atoms with Crippen molar-refractivity contribution in [3.8, 4) is 0 Å². The molecule has 2 amide bonds. The van der Waals surface area contributed by atoms with Crippen LogP contribution in [0, 0.1) is 0 Å². The van der Waals surface area contributed by atoms with Gasteiger partial charge in [-0.2, -0.15) is 5.10 Å². The molecule has 24 heavy (non-hydrogen) atoms. The first-order chi connectivity index (χ1) is 11.7. The summed E-state index contributed by atoms with van der Waals surface area (Å²) >= 11 is 0. The zero-order valence-corrected chi connectivity index (χ0v) is 13.4. The molecule has 0 atom stereocenters. The molecule has 1 aliphatic heterocycles. The van der Waals surface area contributed by atoms with E-state index in [0.29, 0.717) is 25.9 Å². The number of primary amides is 1. The van der Waals surface area contributed by atoms with Crippen LogP contribution in [-0.2, 0) is 0 Å². The quantitative estimate of drug-likeness (QED) is 0.685. The Labute approximate surface area is 141 Å². The molecule has 1 saturated heterocycles. The predicted molar refractivity (Wildman–Crippen MR) is 96.3 cm³/mol. The Bertz CT molecular complexity index is 702. The summed E-state index contributed by atoms with van der Waals surface area (Å²) in [6.45, 7) is 1.21. The third-order valence-electron chi connectivity index (χ3n) is 4.04. The van der Waals surface area contributed by atoms with E-state index in [1.165, 1.54) is 0 Å². The van der Waals surface area contributed by atoms with E-state index in [1.807, 2.05) is 60.7 Å². The molecule has 1 heterocycles. The number of piperidine rings is 1. The summed E-state index contributed by atoms with van der Waals surface area (Å²) in [4.78, 5) is 12.8. The lowest BCUT2D eigenvalue weighted by atomic mass is 10.0. The van der Waals surface area contributed by atoms with Crippen molar-refractivity contribution < 1.29 is 4.79 Å². The van der Waals surface area contributed by atoms with E-state index in [4.69, 9.17) is 5.73 Å². The minimum absolute atomic E-state index is 0.369. The predicted octanol–water partition coefficient (Wildman–Crippen LogP) is 3.05. The number of likely N-dealkylation sites (tertiary alicyclic amines) is 1. The Kier molecular flexibility index (Phi) is 5.01. The zero-order valence-electron chi connectivity index (χ0n) is 13.4. The Morgan fingerprint density at radius 3 is 1.83 bits per heavy atom. The second kappa shape index (κ2) is 7.55. The number of carbonyl (C=O) groups excluding carboxylic acids is 1. The standard InChI is InChI=1S/C19H20N4O/c20-19(24)23-13-11-17(12-14-23)21-22-18(15-7-3-1-4-8-15)16-9-5-2-6-10-16/h1-10H,11-14H2,(H2,20,24). The van der Waals surface area contributed by atoms with Crippen molar-refractivity contribution in [3.05, 3.63) is 71.8 Å². The number of hydrogen-bond donors (Lipinski definition) is 1. The van der Waals surface area contributed by atoms with Crippen molar-refractivity contribution in [3.63, 3.8) is 0 Å². The molecule has 0 spiro atoms. The minimum atomic E-state index is -0.369. The Balaban J connectivity index is 1.86. The van der Waals surface area contributed by atoms with Crippen LogP contribution in [-0.4, -0.2) is 35.4 Å². The third-order valence-corrected chi connectivity index (χ3v) is 4.04. The molecule has 0 bridgehead atoms. The van der Waals surface area contributed by atoms with Gasteiger partial charge >= 0.3 is 6.03 Å². The van der Waals surface area contributed by atoms with Crippen molar-refractivity contribution in [2.45, 2.75) is 12.8 Å². The monoisotopic (exact) mass is 320 g/mol. The first-order valence-electron chi connectivity index (χ1n) is 8.02. The van der Waals surface area contributed by atoms with Crippen LogP contribution in [0.5, 0.6) is 0 Å². The second-order valence-corrected chi connectivity index (χ2v) is 5.67. The molecule has 2 N–H and O–H groups in total. The maximum absolute atomic E-state index is 11.2. The SMILES string of the molecule is NC(=O)N1CCC(=NN=C(c2ccccc2)c2ccccc2)CC1. The summed E-state index contributed by atoms with van der Waals surface area (Å²) in [6.07, 6.45) is 1.42. The minimum Gasteiger partial charge on any atom is -0.351 e. The summed E-state index contributed by atoms with van der Waals surface area (Å²) in [6, 6.07) is 19.7. The van der Waals surface area contributed by atoms with Gasteiger partial charge in [0.15, 0.2) is 0 Å². The maximum Gasteiger partial charge on any atom is 0.314 e. The molecular formula is C19H20N4O. The fraction of sp³-hybridized carbons (Fsp3) is 0.211. The average molecular weight is 320 g/mol. The van der Waals surface area contributed by atoms with E-state index < -0.39 is 0 Å². The van der Waals surface area contributed by atoms with E-state index >= 15 is 0 Å². The molecule has 122 valence electrons. The molecule has 2 aromatic carbocycles. The summed E-state index contributed by atoms with van der Waals surface area (Å²) in [5.74, 6) is 0. The fourth-order valence-corrected chi connectivity index (χ4v) is 2.68. The molecule has 5 heteroatoms. The van der Waals surface area contributed by atoms with Crippen molar-refractivity contribution in [1.82, 2.24) is 4.90 Å². The molecule has 5 nitrogen and oxygen atoms in total. The normalized spacial score (nSPS) is 14.2. The zero-order chi connectivity index (χ0) is 16.8. The van der Waals surface area contributed by atoms with Crippen LogP contribution >= 0.6 is 0 Å². The van der Waals surface area contributed by atoms with Crippen LogP contribution < -0.4 is 5.73 Å². The van der Waals surface area contributed by atoms with E-state index in [9.17, 15) is 4.79 Å². The summed E-state index contributed by atoms with van der Waals surface area (Å²) in [7, 11) is 0. The van der Waals surface area contributed by atoms with Gasteiger partial charge in [-0.05, 0) is 0 Å². The van der Waals surface area contributed by atoms with E-state index in [-0.39, 0.29) is 6.03 Å². The fourth-order valence-electron chi connectivity index (χ4n) is 2.68. The van der Waals surface area contributed by atoms with Gasteiger partial charge in [0.2, 0.25) is 0 Å². The number of hydrogen-bond acceptors (Lipinski definition) is 3.